The van der Waals surface area contributed by atoms with Crippen LogP contribution in [0.15, 0.2) is 60.7 Å². The van der Waals surface area contributed by atoms with Crippen LogP contribution in [0.25, 0.3) is 22.2 Å². The Kier molecular flexibility index (Phi) is 4.28. The summed E-state index contributed by atoms with van der Waals surface area (Å²) in [6, 6.07) is 20.6. The van der Waals surface area contributed by atoms with Crippen molar-refractivity contribution >= 4 is 17.2 Å². The molecular weight excluding hydrogens is 288 g/mol. The van der Waals surface area contributed by atoms with Gasteiger partial charge in [0.15, 0.2) is 12.0 Å². The normalized spacial score (nSPS) is 13.8. The van der Waals surface area contributed by atoms with E-state index < -0.39 is 5.72 Å². The summed E-state index contributed by atoms with van der Waals surface area (Å²) in [7, 11) is 1.46. The molecule has 1 unspecified atom stereocenters. The number of carbonyl (C=O) groups is 1. The van der Waals surface area contributed by atoms with Crippen molar-refractivity contribution in [2.24, 2.45) is 5.73 Å². The zero-order valence-electron chi connectivity index (χ0n) is 13.1. The molecule has 0 bridgehead atoms. The molecule has 118 valence electrons. The van der Waals surface area contributed by atoms with E-state index in [0.29, 0.717) is 19.3 Å². The Morgan fingerprint density at radius 1 is 1.13 bits per heavy atom. The van der Waals surface area contributed by atoms with Crippen LogP contribution >= 0.6 is 0 Å². The van der Waals surface area contributed by atoms with Crippen molar-refractivity contribution in [1.82, 2.24) is 4.57 Å². The summed E-state index contributed by atoms with van der Waals surface area (Å²) in [5, 5.41) is 1.16. The molecule has 0 radical (unpaired) electrons. The van der Waals surface area contributed by atoms with Crippen molar-refractivity contribution in [2.45, 2.75) is 18.7 Å². The molecule has 0 aliphatic heterocycles. The summed E-state index contributed by atoms with van der Waals surface area (Å²) < 4.78 is 7.33. The van der Waals surface area contributed by atoms with Gasteiger partial charge >= 0.3 is 0 Å². The number of aromatic nitrogens is 1. The monoisotopic (exact) mass is 308 g/mol. The largest absolute Gasteiger partial charge is 0.357 e. The van der Waals surface area contributed by atoms with Gasteiger partial charge < -0.3 is 9.30 Å². The maximum absolute atomic E-state index is 11.2. The number of para-hydroxylation sites is 1. The molecule has 3 rings (SSSR count). The van der Waals surface area contributed by atoms with E-state index in [0.717, 1.165) is 22.2 Å². The van der Waals surface area contributed by atoms with Gasteiger partial charge in [0.25, 0.3) is 0 Å². The number of benzene rings is 2. The molecule has 0 fully saturated rings. The van der Waals surface area contributed by atoms with E-state index >= 15 is 0 Å². The minimum atomic E-state index is -1.25. The summed E-state index contributed by atoms with van der Waals surface area (Å²) in [6.07, 6.45) is 1.08. The maximum Gasteiger partial charge on any atom is 0.174 e. The first-order chi connectivity index (χ1) is 11.2. The van der Waals surface area contributed by atoms with Crippen LogP contribution in [0.3, 0.4) is 0 Å². The molecule has 4 heteroatoms. The number of aldehydes is 1. The van der Waals surface area contributed by atoms with Gasteiger partial charge in [0.1, 0.15) is 0 Å². The Morgan fingerprint density at radius 2 is 1.83 bits per heavy atom. The molecule has 0 saturated carbocycles. The van der Waals surface area contributed by atoms with Crippen molar-refractivity contribution < 1.29 is 9.53 Å². The second-order valence-electron chi connectivity index (χ2n) is 5.63. The van der Waals surface area contributed by atoms with Gasteiger partial charge in [-0.3, -0.25) is 10.5 Å². The molecule has 2 aromatic carbocycles. The van der Waals surface area contributed by atoms with Gasteiger partial charge in [-0.25, -0.2) is 0 Å². The summed E-state index contributed by atoms with van der Waals surface area (Å²) in [5.41, 5.74) is 8.05. The van der Waals surface area contributed by atoms with Crippen LogP contribution in [0.4, 0.5) is 0 Å². The molecule has 1 heterocycles. The Balaban J connectivity index is 2.05. The molecule has 1 atom stereocenters. The lowest BCUT2D eigenvalue weighted by Gasteiger charge is -2.22. The van der Waals surface area contributed by atoms with Gasteiger partial charge in [-0.2, -0.15) is 0 Å². The van der Waals surface area contributed by atoms with Gasteiger partial charge in [-0.1, -0.05) is 48.5 Å². The van der Waals surface area contributed by atoms with Crippen LogP contribution in [0, 0.1) is 0 Å². The predicted octanol–water partition coefficient (Wildman–Crippen LogP) is 3.20. The SMILES string of the molecule is COC(N)(C=O)CCn1c(-c2ccccc2)cc2ccccc21. The number of ether oxygens (including phenoxy) is 1. The molecule has 23 heavy (non-hydrogen) atoms. The van der Waals surface area contributed by atoms with Crippen molar-refractivity contribution in [3.05, 3.63) is 60.7 Å². The third-order valence-corrected chi connectivity index (χ3v) is 4.19. The average Bonchev–Trinajstić information content (AvgIpc) is 2.99. The lowest BCUT2D eigenvalue weighted by molar-refractivity contribution is -0.128. The Morgan fingerprint density at radius 3 is 2.52 bits per heavy atom. The fourth-order valence-corrected chi connectivity index (χ4v) is 2.80. The lowest BCUT2D eigenvalue weighted by atomic mass is 10.1. The van der Waals surface area contributed by atoms with Gasteiger partial charge in [-0.15, -0.1) is 0 Å². The van der Waals surface area contributed by atoms with Crippen molar-refractivity contribution in [2.75, 3.05) is 7.11 Å². The zero-order valence-corrected chi connectivity index (χ0v) is 13.1. The van der Waals surface area contributed by atoms with E-state index in [1.807, 2.05) is 30.3 Å². The lowest BCUT2D eigenvalue weighted by Crippen LogP contribution is -2.44. The van der Waals surface area contributed by atoms with Crippen LogP contribution in [-0.4, -0.2) is 23.7 Å². The number of methoxy groups -OCH3 is 1. The standard InChI is InChI=1S/C19H20N2O2/c1-23-19(20,14-22)11-12-21-17-10-6-5-9-16(17)13-18(21)15-7-3-2-4-8-15/h2-10,13-14H,11-12,20H2,1H3. The summed E-state index contributed by atoms with van der Waals surface area (Å²) in [4.78, 5) is 11.2. The van der Waals surface area contributed by atoms with Gasteiger partial charge in [0, 0.05) is 36.7 Å². The summed E-state index contributed by atoms with van der Waals surface area (Å²) in [6.45, 7) is 0.598. The highest BCUT2D eigenvalue weighted by Gasteiger charge is 2.24. The van der Waals surface area contributed by atoms with Crippen molar-refractivity contribution in [1.29, 1.82) is 0 Å². The average molecular weight is 308 g/mol. The van der Waals surface area contributed by atoms with Crippen LogP contribution in [0.2, 0.25) is 0 Å². The van der Waals surface area contributed by atoms with E-state index in [1.165, 1.54) is 7.11 Å². The summed E-state index contributed by atoms with van der Waals surface area (Å²) >= 11 is 0. The fraction of sp³-hybridized carbons (Fsp3) is 0.211. The predicted molar refractivity (Wildman–Crippen MR) is 92.0 cm³/mol. The molecule has 0 aliphatic carbocycles. The molecule has 4 nitrogen and oxygen atoms in total. The maximum atomic E-state index is 11.2. The number of aryl methyl sites for hydroxylation is 1. The van der Waals surface area contributed by atoms with Crippen LogP contribution in [0.5, 0.6) is 0 Å². The van der Waals surface area contributed by atoms with E-state index in [1.54, 1.807) is 0 Å². The highest BCUT2D eigenvalue weighted by molar-refractivity contribution is 5.87. The van der Waals surface area contributed by atoms with E-state index in [9.17, 15) is 4.79 Å². The fourth-order valence-electron chi connectivity index (χ4n) is 2.80. The van der Waals surface area contributed by atoms with Crippen LogP contribution in [0.1, 0.15) is 6.42 Å². The highest BCUT2D eigenvalue weighted by atomic mass is 16.5. The van der Waals surface area contributed by atoms with Crippen molar-refractivity contribution in [3.8, 4) is 11.3 Å². The number of rotatable bonds is 6. The minimum Gasteiger partial charge on any atom is -0.357 e. The molecule has 2 N–H and O–H groups in total. The van der Waals surface area contributed by atoms with Crippen LogP contribution < -0.4 is 5.73 Å². The smallest absolute Gasteiger partial charge is 0.174 e. The third kappa shape index (κ3) is 3.04. The molecule has 3 aromatic rings. The van der Waals surface area contributed by atoms with E-state index in [2.05, 4.69) is 34.9 Å². The number of nitrogens with zero attached hydrogens (tertiary/aromatic N) is 1. The topological polar surface area (TPSA) is 57.2 Å². The molecular formula is C19H20N2O2. The number of hydrogen-bond donors (Lipinski definition) is 1. The first-order valence-electron chi connectivity index (χ1n) is 7.61. The quantitative estimate of drug-likeness (QED) is 0.562. The molecule has 0 spiro atoms. The second kappa shape index (κ2) is 6.36. The van der Waals surface area contributed by atoms with Crippen LogP contribution in [-0.2, 0) is 16.1 Å². The molecule has 0 aliphatic rings. The molecule has 0 amide bonds. The number of hydrogen-bond acceptors (Lipinski definition) is 3. The number of nitrogens with two attached hydrogens (primary N) is 1. The first-order valence-corrected chi connectivity index (χ1v) is 7.61. The zero-order chi connectivity index (χ0) is 16.3. The first kappa shape index (κ1) is 15.5. The third-order valence-electron chi connectivity index (χ3n) is 4.19. The Labute approximate surface area is 135 Å². The highest BCUT2D eigenvalue weighted by Crippen LogP contribution is 2.29. The minimum absolute atomic E-state index is 0.408. The molecule has 0 saturated heterocycles. The molecule has 1 aromatic heterocycles. The Hall–Kier alpha value is -2.43. The number of fused-ring (bicyclic) bond motifs is 1. The van der Waals surface area contributed by atoms with E-state index in [4.69, 9.17) is 10.5 Å². The van der Waals surface area contributed by atoms with Gasteiger partial charge in [0.05, 0.1) is 0 Å². The van der Waals surface area contributed by atoms with Crippen molar-refractivity contribution in [3.63, 3.8) is 0 Å². The van der Waals surface area contributed by atoms with E-state index in [-0.39, 0.29) is 0 Å². The second-order valence-corrected chi connectivity index (χ2v) is 5.63. The Bertz CT molecular complexity index is 811. The van der Waals surface area contributed by atoms with Gasteiger partial charge in [0.2, 0.25) is 0 Å². The van der Waals surface area contributed by atoms with Gasteiger partial charge in [-0.05, 0) is 17.7 Å². The number of carbonyl (C=O) groups excluding carboxylic acids is 1. The summed E-state index contributed by atoms with van der Waals surface area (Å²) in [5.74, 6) is 0.